The van der Waals surface area contributed by atoms with E-state index in [9.17, 15) is 13.2 Å². The minimum atomic E-state index is -3.95. The summed E-state index contributed by atoms with van der Waals surface area (Å²) in [6.45, 7) is -0.360. The van der Waals surface area contributed by atoms with E-state index in [1.54, 1.807) is 55.6 Å². The van der Waals surface area contributed by atoms with Crippen molar-refractivity contribution in [2.24, 2.45) is 0 Å². The summed E-state index contributed by atoms with van der Waals surface area (Å²) in [5, 5.41) is 3.22. The van der Waals surface area contributed by atoms with Gasteiger partial charge in [-0.05, 0) is 54.1 Å². The number of hydrogen-bond donors (Lipinski definition) is 1. The number of carbonyl (C=O) groups is 1. The van der Waals surface area contributed by atoms with Gasteiger partial charge in [-0.15, -0.1) is 0 Å². The Hall–Kier alpha value is -2.94. The SMILES string of the molecule is COc1ccc(CN(CC(=O)Nc2ccc(Cl)cc2)S(=O)(=O)c2cccnc2)cc1. The Morgan fingerprint density at radius 3 is 2.40 bits per heavy atom. The molecule has 1 N–H and O–H groups in total. The highest BCUT2D eigenvalue weighted by Gasteiger charge is 2.27. The molecule has 0 bridgehead atoms. The van der Waals surface area contributed by atoms with Crippen molar-refractivity contribution in [3.05, 3.63) is 83.6 Å². The maximum atomic E-state index is 13.2. The summed E-state index contributed by atoms with van der Waals surface area (Å²) >= 11 is 5.86. The lowest BCUT2D eigenvalue weighted by atomic mass is 10.2. The van der Waals surface area contributed by atoms with Crippen LogP contribution in [0.5, 0.6) is 5.75 Å². The summed E-state index contributed by atoms with van der Waals surface area (Å²) in [6.07, 6.45) is 2.74. The zero-order valence-electron chi connectivity index (χ0n) is 16.2. The number of benzene rings is 2. The number of carbonyl (C=O) groups excluding carboxylic acids is 1. The van der Waals surface area contributed by atoms with Gasteiger partial charge in [-0.1, -0.05) is 23.7 Å². The largest absolute Gasteiger partial charge is 0.497 e. The molecule has 0 atom stereocenters. The number of pyridine rings is 1. The predicted octanol–water partition coefficient (Wildman–Crippen LogP) is 3.57. The molecule has 9 heteroatoms. The number of nitrogens with one attached hydrogen (secondary N) is 1. The van der Waals surface area contributed by atoms with E-state index >= 15 is 0 Å². The zero-order chi connectivity index (χ0) is 21.6. The molecule has 3 aromatic rings. The Labute approximate surface area is 180 Å². The van der Waals surface area contributed by atoms with Crippen molar-refractivity contribution in [2.75, 3.05) is 19.0 Å². The van der Waals surface area contributed by atoms with Gasteiger partial charge in [0.2, 0.25) is 15.9 Å². The third-order valence-corrected chi connectivity index (χ3v) is 6.27. The van der Waals surface area contributed by atoms with Crippen molar-refractivity contribution >= 4 is 33.2 Å². The van der Waals surface area contributed by atoms with Gasteiger partial charge >= 0.3 is 0 Å². The van der Waals surface area contributed by atoms with Gasteiger partial charge in [-0.25, -0.2) is 8.42 Å². The summed E-state index contributed by atoms with van der Waals surface area (Å²) in [6, 6.07) is 16.5. The second kappa shape index (κ2) is 9.71. The van der Waals surface area contributed by atoms with E-state index in [0.29, 0.717) is 22.0 Å². The van der Waals surface area contributed by atoms with Crippen LogP contribution in [0.4, 0.5) is 5.69 Å². The highest BCUT2D eigenvalue weighted by atomic mass is 35.5. The predicted molar refractivity (Wildman–Crippen MR) is 115 cm³/mol. The fraction of sp³-hybridized carbons (Fsp3) is 0.143. The molecule has 0 saturated carbocycles. The Morgan fingerprint density at radius 1 is 1.10 bits per heavy atom. The van der Waals surface area contributed by atoms with Crippen molar-refractivity contribution in [3.63, 3.8) is 0 Å². The molecule has 1 amide bonds. The molecule has 156 valence electrons. The van der Waals surface area contributed by atoms with Gasteiger partial charge in [-0.2, -0.15) is 4.31 Å². The normalized spacial score (nSPS) is 11.3. The first-order chi connectivity index (χ1) is 14.4. The van der Waals surface area contributed by atoms with Crippen molar-refractivity contribution in [3.8, 4) is 5.75 Å². The monoisotopic (exact) mass is 445 g/mol. The molecule has 1 aromatic heterocycles. The van der Waals surface area contributed by atoms with E-state index in [-0.39, 0.29) is 18.0 Å². The first-order valence-corrected chi connectivity index (χ1v) is 10.8. The average molecular weight is 446 g/mol. The van der Waals surface area contributed by atoms with E-state index in [1.165, 1.54) is 24.5 Å². The molecular formula is C21H20ClN3O4S. The van der Waals surface area contributed by atoms with Gasteiger partial charge in [0.25, 0.3) is 0 Å². The average Bonchev–Trinajstić information content (AvgIpc) is 2.76. The number of sulfonamides is 1. The maximum Gasteiger partial charge on any atom is 0.245 e. The number of rotatable bonds is 8. The minimum absolute atomic E-state index is 0.00919. The van der Waals surface area contributed by atoms with Gasteiger partial charge in [0.05, 0.1) is 13.7 Å². The Balaban J connectivity index is 1.84. The van der Waals surface area contributed by atoms with Gasteiger partial charge in [0.1, 0.15) is 10.6 Å². The van der Waals surface area contributed by atoms with Crippen molar-refractivity contribution in [1.29, 1.82) is 0 Å². The summed E-state index contributed by atoms with van der Waals surface area (Å²) < 4.78 is 32.6. The van der Waals surface area contributed by atoms with Crippen LogP contribution in [0.15, 0.2) is 78.0 Å². The van der Waals surface area contributed by atoms with Crippen molar-refractivity contribution in [1.82, 2.24) is 9.29 Å². The number of hydrogen-bond acceptors (Lipinski definition) is 5. The molecule has 1 heterocycles. The lowest BCUT2D eigenvalue weighted by Gasteiger charge is -2.22. The molecule has 0 spiro atoms. The topological polar surface area (TPSA) is 88.6 Å². The number of methoxy groups -OCH3 is 1. The lowest BCUT2D eigenvalue weighted by Crippen LogP contribution is -2.37. The van der Waals surface area contributed by atoms with Crippen molar-refractivity contribution < 1.29 is 17.9 Å². The highest BCUT2D eigenvalue weighted by Crippen LogP contribution is 2.20. The Bertz CT molecular complexity index is 1090. The molecule has 3 rings (SSSR count). The third-order valence-electron chi connectivity index (χ3n) is 4.24. The molecule has 0 radical (unpaired) electrons. The van der Waals surface area contributed by atoms with Gasteiger partial charge < -0.3 is 10.1 Å². The Morgan fingerprint density at radius 2 is 1.80 bits per heavy atom. The third kappa shape index (κ3) is 5.56. The van der Waals surface area contributed by atoms with Crippen LogP contribution in [0.25, 0.3) is 0 Å². The number of ether oxygens (including phenoxy) is 1. The number of amides is 1. The van der Waals surface area contributed by atoms with E-state index in [2.05, 4.69) is 10.3 Å². The summed E-state index contributed by atoms with van der Waals surface area (Å²) in [5.74, 6) is 0.180. The second-order valence-corrected chi connectivity index (χ2v) is 8.74. The van der Waals surface area contributed by atoms with Gasteiger partial charge in [0, 0.05) is 29.6 Å². The van der Waals surface area contributed by atoms with E-state index < -0.39 is 15.9 Å². The van der Waals surface area contributed by atoms with Crippen LogP contribution >= 0.6 is 11.6 Å². The quantitative estimate of drug-likeness (QED) is 0.572. The van der Waals surface area contributed by atoms with Crippen LogP contribution in [0.3, 0.4) is 0 Å². The molecule has 0 aliphatic rings. The van der Waals surface area contributed by atoms with Crippen LogP contribution in [-0.2, 0) is 21.4 Å². The molecule has 0 fully saturated rings. The number of aromatic nitrogens is 1. The fourth-order valence-corrected chi connectivity index (χ4v) is 4.18. The van der Waals surface area contributed by atoms with Crippen LogP contribution in [0, 0.1) is 0 Å². The maximum absolute atomic E-state index is 13.2. The fourth-order valence-electron chi connectivity index (χ4n) is 2.70. The van der Waals surface area contributed by atoms with E-state index in [4.69, 9.17) is 16.3 Å². The van der Waals surface area contributed by atoms with Crippen LogP contribution in [0.2, 0.25) is 5.02 Å². The minimum Gasteiger partial charge on any atom is -0.497 e. The second-order valence-electron chi connectivity index (χ2n) is 6.36. The highest BCUT2D eigenvalue weighted by molar-refractivity contribution is 7.89. The number of nitrogens with zero attached hydrogens (tertiary/aromatic N) is 2. The summed E-state index contributed by atoms with van der Waals surface area (Å²) in [4.78, 5) is 16.5. The number of anilines is 1. The zero-order valence-corrected chi connectivity index (χ0v) is 17.7. The van der Waals surface area contributed by atoms with Gasteiger partial charge in [-0.3, -0.25) is 9.78 Å². The molecule has 2 aromatic carbocycles. The van der Waals surface area contributed by atoms with Crippen molar-refractivity contribution in [2.45, 2.75) is 11.4 Å². The molecule has 0 aliphatic carbocycles. The van der Waals surface area contributed by atoms with Crippen LogP contribution in [-0.4, -0.2) is 37.3 Å². The van der Waals surface area contributed by atoms with E-state index in [1.807, 2.05) is 0 Å². The molecular weight excluding hydrogens is 426 g/mol. The van der Waals surface area contributed by atoms with Crippen LogP contribution in [0.1, 0.15) is 5.56 Å². The lowest BCUT2D eigenvalue weighted by molar-refractivity contribution is -0.116. The standard InChI is InChI=1S/C21H20ClN3O4S/c1-29-19-10-4-16(5-11-19)14-25(30(27,28)20-3-2-12-23-13-20)15-21(26)24-18-8-6-17(22)7-9-18/h2-13H,14-15H2,1H3,(H,24,26). The van der Waals surface area contributed by atoms with Gasteiger partial charge in [0.15, 0.2) is 0 Å². The smallest absolute Gasteiger partial charge is 0.245 e. The summed E-state index contributed by atoms with van der Waals surface area (Å²) in [5.41, 5.74) is 1.23. The Kier molecular flexibility index (Phi) is 7.04. The number of halogens is 1. The molecule has 0 unspecified atom stereocenters. The van der Waals surface area contributed by atoms with Crippen LogP contribution < -0.4 is 10.1 Å². The first kappa shape index (κ1) is 21.8. The molecule has 0 saturated heterocycles. The molecule has 0 aliphatic heterocycles. The molecule has 30 heavy (non-hydrogen) atoms. The van der Waals surface area contributed by atoms with E-state index in [0.717, 1.165) is 4.31 Å². The summed E-state index contributed by atoms with van der Waals surface area (Å²) in [7, 11) is -2.40. The molecule has 7 nitrogen and oxygen atoms in total. The first-order valence-electron chi connectivity index (χ1n) is 8.97.